The van der Waals surface area contributed by atoms with E-state index in [1.807, 2.05) is 0 Å². The van der Waals surface area contributed by atoms with Gasteiger partial charge in [-0.3, -0.25) is 14.5 Å². The van der Waals surface area contributed by atoms with E-state index >= 15 is 0 Å². The lowest BCUT2D eigenvalue weighted by Crippen LogP contribution is -2.55. The van der Waals surface area contributed by atoms with Crippen LogP contribution in [0.4, 0.5) is 13.2 Å². The highest BCUT2D eigenvalue weighted by Crippen LogP contribution is 2.47. The molecule has 2 aliphatic rings. The van der Waals surface area contributed by atoms with Crippen molar-refractivity contribution in [3.8, 4) is 0 Å². The number of carbonyl (C=O) groups is 2. The minimum atomic E-state index is -4.65. The summed E-state index contributed by atoms with van der Waals surface area (Å²) in [6.45, 7) is 2.96. The fourth-order valence-corrected chi connectivity index (χ4v) is 6.05. The molecule has 0 spiro atoms. The molecule has 1 saturated carbocycles. The number of sulfone groups is 1. The molecule has 4 rings (SSSR count). The number of halogens is 3. The molecule has 5 nitrogen and oxygen atoms in total. The molecule has 1 fully saturated rings. The number of alkyl halides is 3. The molecule has 0 radical (unpaired) electrons. The van der Waals surface area contributed by atoms with Crippen molar-refractivity contribution in [2.45, 2.75) is 48.5 Å². The van der Waals surface area contributed by atoms with E-state index in [2.05, 4.69) is 0 Å². The summed E-state index contributed by atoms with van der Waals surface area (Å²) in [7, 11) is -4.10. The second-order valence-electron chi connectivity index (χ2n) is 8.48. The normalized spacial score (nSPS) is 21.8. The number of amides is 2. The molecule has 0 N–H and O–H groups in total. The van der Waals surface area contributed by atoms with E-state index in [1.165, 1.54) is 18.7 Å². The van der Waals surface area contributed by atoms with Crippen molar-refractivity contribution in [3.63, 3.8) is 0 Å². The quantitative estimate of drug-likeness (QED) is 0.649. The van der Waals surface area contributed by atoms with Gasteiger partial charge in [-0.2, -0.15) is 13.2 Å². The van der Waals surface area contributed by atoms with Crippen molar-refractivity contribution in [3.05, 3.63) is 65.2 Å². The third-order valence-corrected chi connectivity index (χ3v) is 9.04. The van der Waals surface area contributed by atoms with Gasteiger partial charge in [0.2, 0.25) is 0 Å². The summed E-state index contributed by atoms with van der Waals surface area (Å²) in [5, 5.41) is 0. The molecule has 1 aliphatic carbocycles. The fraction of sp³-hybridized carbons (Fsp3) is 0.364. The highest BCUT2D eigenvalue weighted by molar-refractivity contribution is 7.92. The molecule has 0 aromatic heterocycles. The van der Waals surface area contributed by atoms with Crippen LogP contribution in [0.5, 0.6) is 0 Å². The molecule has 2 amide bonds. The zero-order valence-corrected chi connectivity index (χ0v) is 17.6. The smallest absolute Gasteiger partial charge is 0.271 e. The predicted octanol–water partition coefficient (Wildman–Crippen LogP) is 4.33. The van der Waals surface area contributed by atoms with E-state index in [1.54, 1.807) is 24.3 Å². The molecule has 0 saturated heterocycles. The molecule has 1 aliphatic heterocycles. The van der Waals surface area contributed by atoms with Crippen LogP contribution in [-0.2, 0) is 16.0 Å². The van der Waals surface area contributed by atoms with Crippen molar-refractivity contribution >= 4 is 21.7 Å². The molecule has 0 unspecified atom stereocenters. The maximum absolute atomic E-state index is 13.2. The van der Waals surface area contributed by atoms with Crippen molar-refractivity contribution in [2.24, 2.45) is 5.92 Å². The number of hydrogen-bond donors (Lipinski definition) is 0. The molecule has 0 bridgehead atoms. The molecular weight excluding hydrogens is 431 g/mol. The van der Waals surface area contributed by atoms with E-state index < -0.39 is 55.0 Å². The van der Waals surface area contributed by atoms with Crippen LogP contribution < -0.4 is 0 Å². The van der Waals surface area contributed by atoms with Crippen LogP contribution in [0, 0.1) is 5.92 Å². The van der Waals surface area contributed by atoms with Gasteiger partial charge in [0.1, 0.15) is 0 Å². The van der Waals surface area contributed by atoms with Gasteiger partial charge in [-0.15, -0.1) is 0 Å². The van der Waals surface area contributed by atoms with E-state index in [0.717, 1.165) is 18.2 Å². The van der Waals surface area contributed by atoms with Crippen molar-refractivity contribution < 1.29 is 31.2 Å². The Bertz CT molecular complexity index is 1150. The number of hydrogen-bond acceptors (Lipinski definition) is 4. The lowest BCUT2D eigenvalue weighted by atomic mass is 9.72. The van der Waals surface area contributed by atoms with Gasteiger partial charge in [0.25, 0.3) is 11.8 Å². The standard InChI is InChI=1S/C22H20F3NO4S/c1-21(2,31(29,30)16-7-5-6-13(12-16)22(23,24)25)14-10-15(11-14)26-19(27)17-8-3-4-9-18(17)20(26)28/h3-9,12,14-15H,10-11H2,1-2H3. The van der Waals surface area contributed by atoms with Gasteiger partial charge in [-0.1, -0.05) is 18.2 Å². The van der Waals surface area contributed by atoms with Gasteiger partial charge in [-0.25, -0.2) is 8.42 Å². The van der Waals surface area contributed by atoms with Crippen LogP contribution in [0.3, 0.4) is 0 Å². The van der Waals surface area contributed by atoms with Gasteiger partial charge >= 0.3 is 6.18 Å². The zero-order valence-electron chi connectivity index (χ0n) is 16.8. The monoisotopic (exact) mass is 451 g/mol. The minimum Gasteiger partial charge on any atom is -0.271 e. The number of rotatable bonds is 4. The maximum atomic E-state index is 13.2. The van der Waals surface area contributed by atoms with Crippen LogP contribution in [-0.4, -0.2) is 35.9 Å². The molecular formula is C22H20F3NO4S. The van der Waals surface area contributed by atoms with E-state index in [0.29, 0.717) is 17.2 Å². The first-order valence-corrected chi connectivity index (χ1v) is 11.2. The third-order valence-electron chi connectivity index (χ3n) is 6.45. The fourth-order valence-electron chi connectivity index (χ4n) is 4.27. The Morgan fingerprint density at radius 2 is 1.45 bits per heavy atom. The minimum absolute atomic E-state index is 0.274. The van der Waals surface area contributed by atoms with Gasteiger partial charge in [0.05, 0.1) is 26.3 Å². The Morgan fingerprint density at radius 1 is 0.903 bits per heavy atom. The van der Waals surface area contributed by atoms with Crippen molar-refractivity contribution in [1.82, 2.24) is 4.90 Å². The summed E-state index contributed by atoms with van der Waals surface area (Å²) in [4.78, 5) is 26.0. The van der Waals surface area contributed by atoms with Crippen LogP contribution in [0.1, 0.15) is 53.0 Å². The second kappa shape index (κ2) is 6.91. The maximum Gasteiger partial charge on any atom is 0.416 e. The topological polar surface area (TPSA) is 71.5 Å². The van der Waals surface area contributed by atoms with Crippen LogP contribution in [0.2, 0.25) is 0 Å². The predicted molar refractivity (Wildman–Crippen MR) is 106 cm³/mol. The van der Waals surface area contributed by atoms with Gasteiger partial charge in [-0.05, 0) is 62.9 Å². The van der Waals surface area contributed by atoms with Crippen molar-refractivity contribution in [1.29, 1.82) is 0 Å². The number of benzene rings is 2. The van der Waals surface area contributed by atoms with Crippen LogP contribution in [0.15, 0.2) is 53.4 Å². The first kappa shape index (κ1) is 21.5. The van der Waals surface area contributed by atoms with Crippen LogP contribution in [0.25, 0.3) is 0 Å². The molecule has 9 heteroatoms. The Kier molecular flexibility index (Phi) is 4.81. The molecule has 164 valence electrons. The second-order valence-corrected chi connectivity index (χ2v) is 11.0. The van der Waals surface area contributed by atoms with Crippen molar-refractivity contribution in [2.75, 3.05) is 0 Å². The highest BCUT2D eigenvalue weighted by Gasteiger charge is 2.53. The summed E-state index contributed by atoms with van der Waals surface area (Å²) in [5.41, 5.74) is -0.375. The van der Waals surface area contributed by atoms with E-state index in [-0.39, 0.29) is 12.8 Å². The molecule has 2 aromatic carbocycles. The summed E-state index contributed by atoms with van der Waals surface area (Å²) in [6, 6.07) is 9.77. The largest absolute Gasteiger partial charge is 0.416 e. The summed E-state index contributed by atoms with van der Waals surface area (Å²) in [5.74, 6) is -1.22. The highest BCUT2D eigenvalue weighted by atomic mass is 32.2. The van der Waals surface area contributed by atoms with Gasteiger partial charge < -0.3 is 0 Å². The lowest BCUT2D eigenvalue weighted by molar-refractivity contribution is -0.137. The van der Waals surface area contributed by atoms with Crippen LogP contribution >= 0.6 is 0 Å². The Balaban J connectivity index is 1.54. The summed E-state index contributed by atoms with van der Waals surface area (Å²) < 4.78 is 64.1. The Morgan fingerprint density at radius 3 is 1.97 bits per heavy atom. The Hall–Kier alpha value is -2.68. The van der Waals surface area contributed by atoms with E-state index in [9.17, 15) is 31.2 Å². The average Bonchev–Trinajstić information content (AvgIpc) is 2.91. The number of carbonyl (C=O) groups excluding carboxylic acids is 2. The van der Waals surface area contributed by atoms with Gasteiger partial charge in [0.15, 0.2) is 9.84 Å². The molecule has 31 heavy (non-hydrogen) atoms. The first-order chi connectivity index (χ1) is 14.4. The summed E-state index contributed by atoms with van der Waals surface area (Å²) >= 11 is 0. The number of fused-ring (bicyclic) bond motifs is 1. The first-order valence-electron chi connectivity index (χ1n) is 9.74. The number of imide groups is 1. The van der Waals surface area contributed by atoms with Gasteiger partial charge in [0, 0.05) is 6.04 Å². The molecule has 1 heterocycles. The Labute approximate surface area is 177 Å². The zero-order chi connectivity index (χ0) is 22.8. The third kappa shape index (κ3) is 3.26. The summed E-state index contributed by atoms with van der Waals surface area (Å²) in [6.07, 6.45) is -4.10. The SMILES string of the molecule is CC(C)(C1CC(N2C(=O)c3ccccc3C2=O)C1)S(=O)(=O)c1cccc(C(F)(F)F)c1. The molecule has 0 atom stereocenters. The average molecular weight is 451 g/mol. The number of nitrogens with zero attached hydrogens (tertiary/aromatic N) is 1. The lowest BCUT2D eigenvalue weighted by Gasteiger charge is -2.47. The molecule has 2 aromatic rings. The van der Waals surface area contributed by atoms with E-state index in [4.69, 9.17) is 0 Å².